The molecule has 100 valence electrons. The van der Waals surface area contributed by atoms with E-state index in [1.807, 2.05) is 19.1 Å². The van der Waals surface area contributed by atoms with E-state index in [-0.39, 0.29) is 19.1 Å². The number of nitrogens with one attached hydrogen (secondary N) is 1. The summed E-state index contributed by atoms with van der Waals surface area (Å²) >= 11 is 0. The molecule has 0 aromatic carbocycles. The molecule has 5 nitrogen and oxygen atoms in total. The third kappa shape index (κ3) is 4.09. The lowest BCUT2D eigenvalue weighted by atomic mass is 9.98. The van der Waals surface area contributed by atoms with E-state index in [0.29, 0.717) is 19.3 Å². The van der Waals surface area contributed by atoms with Crippen molar-refractivity contribution >= 4 is 5.91 Å². The maximum Gasteiger partial charge on any atom is 0.220 e. The van der Waals surface area contributed by atoms with Gasteiger partial charge in [0.05, 0.1) is 18.8 Å². The molecule has 3 N–H and O–H groups in total. The number of pyridine rings is 1. The number of carbonyl (C=O) groups is 1. The summed E-state index contributed by atoms with van der Waals surface area (Å²) in [6.07, 6.45) is 4.80. The first-order chi connectivity index (χ1) is 8.65. The molecule has 0 saturated heterocycles. The first kappa shape index (κ1) is 14.6. The highest BCUT2D eigenvalue weighted by molar-refractivity contribution is 5.77. The number of hydrogen-bond donors (Lipinski definition) is 3. The van der Waals surface area contributed by atoms with Crippen LogP contribution in [0, 0.1) is 0 Å². The maximum absolute atomic E-state index is 11.8. The van der Waals surface area contributed by atoms with Gasteiger partial charge in [-0.3, -0.25) is 9.78 Å². The highest BCUT2D eigenvalue weighted by Gasteiger charge is 2.28. The van der Waals surface area contributed by atoms with Crippen LogP contribution in [0.1, 0.15) is 25.3 Å². The first-order valence-corrected chi connectivity index (χ1v) is 6.07. The maximum atomic E-state index is 11.8. The van der Waals surface area contributed by atoms with Crippen LogP contribution >= 0.6 is 0 Å². The second-order valence-corrected chi connectivity index (χ2v) is 4.35. The van der Waals surface area contributed by atoms with Gasteiger partial charge in [0.1, 0.15) is 0 Å². The van der Waals surface area contributed by atoms with Crippen LogP contribution in [-0.4, -0.2) is 39.9 Å². The number of rotatable bonds is 7. The number of nitrogens with zero attached hydrogens (tertiary/aromatic N) is 1. The van der Waals surface area contributed by atoms with Gasteiger partial charge in [0.2, 0.25) is 5.91 Å². The number of carbonyl (C=O) groups excluding carboxylic acids is 1. The van der Waals surface area contributed by atoms with Crippen molar-refractivity contribution in [1.82, 2.24) is 10.3 Å². The van der Waals surface area contributed by atoms with Gasteiger partial charge in [0, 0.05) is 18.8 Å². The Labute approximate surface area is 107 Å². The molecule has 0 aliphatic rings. The van der Waals surface area contributed by atoms with Crippen LogP contribution in [0.3, 0.4) is 0 Å². The summed E-state index contributed by atoms with van der Waals surface area (Å²) < 4.78 is 0. The van der Waals surface area contributed by atoms with Crippen molar-refractivity contribution in [2.75, 3.05) is 13.2 Å². The van der Waals surface area contributed by atoms with E-state index in [1.54, 1.807) is 12.4 Å². The van der Waals surface area contributed by atoms with Gasteiger partial charge in [0.15, 0.2) is 0 Å². The fourth-order valence-electron chi connectivity index (χ4n) is 1.61. The molecule has 1 aromatic rings. The lowest BCUT2D eigenvalue weighted by molar-refractivity contribution is -0.124. The van der Waals surface area contributed by atoms with Crippen molar-refractivity contribution in [2.24, 2.45) is 0 Å². The van der Waals surface area contributed by atoms with Crippen LogP contribution < -0.4 is 5.32 Å². The highest BCUT2D eigenvalue weighted by Crippen LogP contribution is 2.09. The highest BCUT2D eigenvalue weighted by atomic mass is 16.3. The zero-order valence-electron chi connectivity index (χ0n) is 10.6. The number of hydrogen-bond acceptors (Lipinski definition) is 4. The van der Waals surface area contributed by atoms with E-state index < -0.39 is 5.54 Å². The molecule has 0 bridgehead atoms. The topological polar surface area (TPSA) is 82.5 Å². The lowest BCUT2D eigenvalue weighted by Crippen LogP contribution is -2.53. The van der Waals surface area contributed by atoms with Crippen molar-refractivity contribution in [3.63, 3.8) is 0 Å². The fourth-order valence-corrected chi connectivity index (χ4v) is 1.61. The number of aromatic nitrogens is 1. The molecule has 0 fully saturated rings. The van der Waals surface area contributed by atoms with Gasteiger partial charge in [-0.1, -0.05) is 6.92 Å². The predicted molar refractivity (Wildman–Crippen MR) is 67.9 cm³/mol. The van der Waals surface area contributed by atoms with Crippen LogP contribution in [0.5, 0.6) is 0 Å². The molecule has 0 aliphatic heterocycles. The molecule has 5 heteroatoms. The van der Waals surface area contributed by atoms with Crippen molar-refractivity contribution in [3.8, 4) is 0 Å². The molecule has 1 rings (SSSR count). The van der Waals surface area contributed by atoms with Gasteiger partial charge in [-0.25, -0.2) is 0 Å². The van der Waals surface area contributed by atoms with Gasteiger partial charge in [-0.05, 0) is 30.5 Å². The van der Waals surface area contributed by atoms with Crippen molar-refractivity contribution in [2.45, 2.75) is 31.7 Å². The fraction of sp³-hybridized carbons (Fsp3) is 0.538. The minimum atomic E-state index is -0.907. The Morgan fingerprint density at radius 1 is 1.33 bits per heavy atom. The largest absolute Gasteiger partial charge is 0.394 e. The zero-order chi connectivity index (χ0) is 13.4. The van der Waals surface area contributed by atoms with Crippen LogP contribution in [0.25, 0.3) is 0 Å². The summed E-state index contributed by atoms with van der Waals surface area (Å²) in [5.74, 6) is -0.170. The van der Waals surface area contributed by atoms with Crippen LogP contribution in [0.15, 0.2) is 24.5 Å². The second kappa shape index (κ2) is 7.08. The Kier molecular flexibility index (Phi) is 5.74. The van der Waals surface area contributed by atoms with E-state index in [4.69, 9.17) is 0 Å². The Morgan fingerprint density at radius 2 is 1.94 bits per heavy atom. The first-order valence-electron chi connectivity index (χ1n) is 6.07. The SMILES string of the molecule is CCC(CO)(CO)NC(=O)CCc1ccncc1. The molecular formula is C13H20N2O3. The zero-order valence-corrected chi connectivity index (χ0v) is 10.6. The minimum absolute atomic E-state index is 0.170. The van der Waals surface area contributed by atoms with E-state index >= 15 is 0 Å². The Morgan fingerprint density at radius 3 is 2.44 bits per heavy atom. The summed E-state index contributed by atoms with van der Waals surface area (Å²) in [6.45, 7) is 1.29. The van der Waals surface area contributed by atoms with Crippen LogP contribution in [0.2, 0.25) is 0 Å². The third-order valence-electron chi connectivity index (χ3n) is 3.08. The number of aliphatic hydroxyl groups excluding tert-OH is 2. The molecule has 1 amide bonds. The van der Waals surface area contributed by atoms with Gasteiger partial charge in [0.25, 0.3) is 0 Å². The smallest absolute Gasteiger partial charge is 0.220 e. The lowest BCUT2D eigenvalue weighted by Gasteiger charge is -2.29. The summed E-state index contributed by atoms with van der Waals surface area (Å²) in [6, 6.07) is 3.72. The van der Waals surface area contributed by atoms with E-state index in [1.165, 1.54) is 0 Å². The molecule has 0 radical (unpaired) electrons. The summed E-state index contributed by atoms with van der Waals surface area (Å²) in [7, 11) is 0. The second-order valence-electron chi connectivity index (χ2n) is 4.35. The van der Waals surface area contributed by atoms with E-state index in [9.17, 15) is 15.0 Å². The average molecular weight is 252 g/mol. The number of amides is 1. The summed E-state index contributed by atoms with van der Waals surface area (Å²) in [5.41, 5.74) is 0.130. The molecule has 1 aromatic heterocycles. The molecule has 18 heavy (non-hydrogen) atoms. The molecule has 1 heterocycles. The Hall–Kier alpha value is -1.46. The van der Waals surface area contributed by atoms with Crippen molar-refractivity contribution in [3.05, 3.63) is 30.1 Å². The molecule has 0 atom stereocenters. The van der Waals surface area contributed by atoms with Crippen LogP contribution in [-0.2, 0) is 11.2 Å². The molecular weight excluding hydrogens is 232 g/mol. The third-order valence-corrected chi connectivity index (χ3v) is 3.08. The summed E-state index contributed by atoms with van der Waals surface area (Å²) in [4.78, 5) is 15.7. The van der Waals surface area contributed by atoms with E-state index in [0.717, 1.165) is 5.56 Å². The molecule has 0 aliphatic carbocycles. The van der Waals surface area contributed by atoms with E-state index in [2.05, 4.69) is 10.3 Å². The number of aliphatic hydroxyl groups is 2. The Balaban J connectivity index is 2.46. The monoisotopic (exact) mass is 252 g/mol. The summed E-state index contributed by atoms with van der Waals surface area (Å²) in [5, 5.41) is 21.2. The minimum Gasteiger partial charge on any atom is -0.394 e. The number of aryl methyl sites for hydroxylation is 1. The molecule has 0 saturated carbocycles. The predicted octanol–water partition coefficient (Wildman–Crippen LogP) is 0.264. The standard InChI is InChI=1S/C13H20N2O3/c1-2-13(9-16,10-17)15-12(18)4-3-11-5-7-14-8-6-11/h5-8,16-17H,2-4,9-10H2,1H3,(H,15,18). The molecule has 0 unspecified atom stereocenters. The van der Waals surface area contributed by atoms with Crippen molar-refractivity contribution < 1.29 is 15.0 Å². The van der Waals surface area contributed by atoms with Gasteiger partial charge >= 0.3 is 0 Å². The van der Waals surface area contributed by atoms with Gasteiger partial charge in [-0.15, -0.1) is 0 Å². The van der Waals surface area contributed by atoms with Crippen LogP contribution in [0.4, 0.5) is 0 Å². The quantitative estimate of drug-likeness (QED) is 0.650. The normalized spacial score (nSPS) is 11.3. The van der Waals surface area contributed by atoms with Gasteiger partial charge < -0.3 is 15.5 Å². The molecule has 0 spiro atoms. The average Bonchev–Trinajstić information content (AvgIpc) is 2.44. The van der Waals surface area contributed by atoms with Crippen molar-refractivity contribution in [1.29, 1.82) is 0 Å². The van der Waals surface area contributed by atoms with Gasteiger partial charge in [-0.2, -0.15) is 0 Å². The Bertz CT molecular complexity index is 355.